The van der Waals surface area contributed by atoms with Crippen molar-refractivity contribution in [1.82, 2.24) is 15.1 Å². The lowest BCUT2D eigenvalue weighted by Gasteiger charge is -2.32. The van der Waals surface area contributed by atoms with E-state index in [1.54, 1.807) is 0 Å². The number of rotatable bonds is 5. The minimum absolute atomic E-state index is 0.221. The van der Waals surface area contributed by atoms with E-state index in [1.807, 2.05) is 11.0 Å². The summed E-state index contributed by atoms with van der Waals surface area (Å²) in [7, 11) is 2.10. The van der Waals surface area contributed by atoms with Gasteiger partial charge in [-0.15, -0.1) is 0 Å². The zero-order valence-electron chi connectivity index (χ0n) is 12.5. The number of likely N-dealkylation sites (N-methyl/N-ethyl adjacent to an activating group) is 1. The first-order valence-electron chi connectivity index (χ1n) is 7.39. The van der Waals surface area contributed by atoms with Crippen molar-refractivity contribution < 1.29 is 4.79 Å². The van der Waals surface area contributed by atoms with Crippen molar-refractivity contribution in [2.45, 2.75) is 12.8 Å². The summed E-state index contributed by atoms with van der Waals surface area (Å²) in [6, 6.07) is 10.4. The monoisotopic (exact) mass is 275 g/mol. The fraction of sp³-hybridized carbons (Fsp3) is 0.562. The Hall–Kier alpha value is -1.39. The van der Waals surface area contributed by atoms with Crippen LogP contribution in [0.15, 0.2) is 30.3 Å². The predicted octanol–water partition coefficient (Wildman–Crippen LogP) is 1.15. The molecule has 1 atom stereocenters. The van der Waals surface area contributed by atoms with E-state index in [2.05, 4.69) is 48.5 Å². The summed E-state index contributed by atoms with van der Waals surface area (Å²) < 4.78 is 0. The number of carbonyl (C=O) groups excluding carboxylic acids is 1. The zero-order valence-corrected chi connectivity index (χ0v) is 12.5. The summed E-state index contributed by atoms with van der Waals surface area (Å²) in [5.41, 5.74) is 1.31. The molecule has 2 rings (SSSR count). The maximum atomic E-state index is 12.1. The van der Waals surface area contributed by atoms with Gasteiger partial charge in [-0.1, -0.05) is 37.3 Å². The second-order valence-electron chi connectivity index (χ2n) is 5.63. The van der Waals surface area contributed by atoms with Crippen LogP contribution in [0.4, 0.5) is 0 Å². The predicted molar refractivity (Wildman–Crippen MR) is 81.8 cm³/mol. The fourth-order valence-corrected chi connectivity index (χ4v) is 2.46. The van der Waals surface area contributed by atoms with E-state index in [-0.39, 0.29) is 5.91 Å². The molecule has 110 valence electrons. The average Bonchev–Trinajstić information content (AvgIpc) is 2.48. The Morgan fingerprint density at radius 3 is 2.50 bits per heavy atom. The average molecular weight is 275 g/mol. The third-order valence-corrected chi connectivity index (χ3v) is 3.95. The van der Waals surface area contributed by atoms with Crippen molar-refractivity contribution >= 4 is 5.91 Å². The van der Waals surface area contributed by atoms with Crippen molar-refractivity contribution in [3.8, 4) is 0 Å². The largest absolute Gasteiger partial charge is 0.339 e. The number of benzene rings is 1. The highest BCUT2D eigenvalue weighted by Gasteiger charge is 2.18. The van der Waals surface area contributed by atoms with Gasteiger partial charge in [0.2, 0.25) is 5.91 Å². The summed E-state index contributed by atoms with van der Waals surface area (Å²) in [6.07, 6.45) is 0. The molecule has 1 fully saturated rings. The summed E-state index contributed by atoms with van der Waals surface area (Å²) in [5.74, 6) is 0.648. The maximum Gasteiger partial charge on any atom is 0.236 e. The standard InChI is InChI=1S/C16H25N3O/c1-14(15-6-4-3-5-7-15)12-17-13-16(20)19-10-8-18(2)9-11-19/h3-7,14,17H,8-13H2,1-2H3. The van der Waals surface area contributed by atoms with Gasteiger partial charge in [0.15, 0.2) is 0 Å². The Kier molecular flexibility index (Phi) is 5.56. The third kappa shape index (κ3) is 4.32. The lowest BCUT2D eigenvalue weighted by molar-refractivity contribution is -0.131. The van der Waals surface area contributed by atoms with E-state index in [9.17, 15) is 4.79 Å². The molecule has 4 heteroatoms. The molecule has 20 heavy (non-hydrogen) atoms. The number of nitrogens with one attached hydrogen (secondary N) is 1. The van der Waals surface area contributed by atoms with Gasteiger partial charge in [-0.05, 0) is 18.5 Å². The van der Waals surface area contributed by atoms with Gasteiger partial charge in [-0.2, -0.15) is 0 Å². The first-order valence-corrected chi connectivity index (χ1v) is 7.39. The molecule has 0 spiro atoms. The van der Waals surface area contributed by atoms with Crippen molar-refractivity contribution in [3.05, 3.63) is 35.9 Å². The molecule has 1 heterocycles. The SMILES string of the molecule is CC(CNCC(=O)N1CCN(C)CC1)c1ccccc1. The molecule has 1 saturated heterocycles. The van der Waals surface area contributed by atoms with Crippen LogP contribution in [0, 0.1) is 0 Å². The number of nitrogens with zero attached hydrogens (tertiary/aromatic N) is 2. The van der Waals surface area contributed by atoms with E-state index < -0.39 is 0 Å². The minimum atomic E-state index is 0.221. The van der Waals surface area contributed by atoms with Gasteiger partial charge in [-0.3, -0.25) is 4.79 Å². The molecule has 1 amide bonds. The van der Waals surface area contributed by atoms with Gasteiger partial charge in [0.05, 0.1) is 6.54 Å². The smallest absolute Gasteiger partial charge is 0.236 e. The summed E-state index contributed by atoms with van der Waals surface area (Å²) >= 11 is 0. The van der Waals surface area contributed by atoms with E-state index in [4.69, 9.17) is 0 Å². The first kappa shape index (κ1) is 15.0. The highest BCUT2D eigenvalue weighted by molar-refractivity contribution is 5.78. The molecule has 1 aliphatic heterocycles. The first-order chi connectivity index (χ1) is 9.66. The van der Waals surface area contributed by atoms with Crippen LogP contribution >= 0.6 is 0 Å². The van der Waals surface area contributed by atoms with Crippen LogP contribution in [0.2, 0.25) is 0 Å². The van der Waals surface area contributed by atoms with Gasteiger partial charge in [0, 0.05) is 32.7 Å². The summed E-state index contributed by atoms with van der Waals surface area (Å²) in [4.78, 5) is 16.3. The lowest BCUT2D eigenvalue weighted by atomic mass is 10.0. The van der Waals surface area contributed by atoms with Gasteiger partial charge in [0.25, 0.3) is 0 Å². The molecule has 0 bridgehead atoms. The Morgan fingerprint density at radius 1 is 1.20 bits per heavy atom. The molecular formula is C16H25N3O. The van der Waals surface area contributed by atoms with Crippen molar-refractivity contribution in [2.24, 2.45) is 0 Å². The van der Waals surface area contributed by atoms with Crippen LogP contribution < -0.4 is 5.32 Å². The van der Waals surface area contributed by atoms with Crippen LogP contribution in [-0.2, 0) is 4.79 Å². The molecule has 0 radical (unpaired) electrons. The number of hydrogen-bond acceptors (Lipinski definition) is 3. The maximum absolute atomic E-state index is 12.1. The topological polar surface area (TPSA) is 35.6 Å². The van der Waals surface area contributed by atoms with Crippen LogP contribution in [-0.4, -0.2) is 62.0 Å². The van der Waals surface area contributed by atoms with E-state index >= 15 is 0 Å². The van der Waals surface area contributed by atoms with Crippen LogP contribution in [0.5, 0.6) is 0 Å². The highest BCUT2D eigenvalue weighted by atomic mass is 16.2. The van der Waals surface area contributed by atoms with Crippen LogP contribution in [0.3, 0.4) is 0 Å². The molecule has 1 N–H and O–H groups in total. The zero-order chi connectivity index (χ0) is 14.4. The molecule has 1 aliphatic rings. The lowest BCUT2D eigenvalue weighted by Crippen LogP contribution is -2.49. The highest BCUT2D eigenvalue weighted by Crippen LogP contribution is 2.12. The van der Waals surface area contributed by atoms with Gasteiger partial charge >= 0.3 is 0 Å². The molecule has 0 aromatic heterocycles. The van der Waals surface area contributed by atoms with Crippen LogP contribution in [0.25, 0.3) is 0 Å². The molecule has 1 aromatic carbocycles. The molecule has 1 aromatic rings. The van der Waals surface area contributed by atoms with Crippen molar-refractivity contribution in [3.63, 3.8) is 0 Å². The third-order valence-electron chi connectivity index (χ3n) is 3.95. The molecule has 4 nitrogen and oxygen atoms in total. The minimum Gasteiger partial charge on any atom is -0.339 e. The summed E-state index contributed by atoms with van der Waals surface area (Å²) in [5, 5.41) is 3.29. The second kappa shape index (κ2) is 7.41. The Balaban J connectivity index is 1.69. The Morgan fingerprint density at radius 2 is 1.85 bits per heavy atom. The molecule has 0 aliphatic carbocycles. The molecule has 1 unspecified atom stereocenters. The van der Waals surface area contributed by atoms with Crippen molar-refractivity contribution in [1.29, 1.82) is 0 Å². The van der Waals surface area contributed by atoms with E-state index in [0.717, 1.165) is 32.7 Å². The molecular weight excluding hydrogens is 250 g/mol. The molecule has 0 saturated carbocycles. The van der Waals surface area contributed by atoms with Gasteiger partial charge < -0.3 is 15.1 Å². The Bertz CT molecular complexity index is 413. The quantitative estimate of drug-likeness (QED) is 0.876. The number of piperazine rings is 1. The number of carbonyl (C=O) groups is 1. The van der Waals surface area contributed by atoms with Crippen LogP contribution in [0.1, 0.15) is 18.4 Å². The Labute approximate surface area is 121 Å². The fourth-order valence-electron chi connectivity index (χ4n) is 2.46. The van der Waals surface area contributed by atoms with E-state index in [0.29, 0.717) is 12.5 Å². The van der Waals surface area contributed by atoms with Gasteiger partial charge in [0.1, 0.15) is 0 Å². The van der Waals surface area contributed by atoms with Crippen molar-refractivity contribution in [2.75, 3.05) is 46.3 Å². The number of hydrogen-bond donors (Lipinski definition) is 1. The van der Waals surface area contributed by atoms with Gasteiger partial charge in [-0.25, -0.2) is 0 Å². The summed E-state index contributed by atoms with van der Waals surface area (Å²) in [6.45, 7) is 7.13. The number of amides is 1. The normalized spacial score (nSPS) is 18.0. The van der Waals surface area contributed by atoms with E-state index in [1.165, 1.54) is 5.56 Å². The second-order valence-corrected chi connectivity index (χ2v) is 5.63.